The molecule has 0 aliphatic carbocycles. The minimum atomic E-state index is -0.662. The Morgan fingerprint density at radius 2 is 1.57 bits per heavy atom. The number of rotatable bonds is 10. The Morgan fingerprint density at radius 3 is 2.23 bits per heavy atom. The van der Waals surface area contributed by atoms with Gasteiger partial charge in [0.1, 0.15) is 12.9 Å². The van der Waals surface area contributed by atoms with Crippen molar-refractivity contribution in [1.29, 1.82) is 0 Å². The normalized spacial score (nSPS) is 12.0. The zero-order valence-electron chi connectivity index (χ0n) is 19.6. The highest BCUT2D eigenvalue weighted by atomic mass is 16.6. The van der Waals surface area contributed by atoms with E-state index in [0.717, 1.165) is 12.8 Å². The Balaban J connectivity index is 1.60. The number of nitrogens with zero attached hydrogens (tertiary/aromatic N) is 4. The summed E-state index contributed by atoms with van der Waals surface area (Å²) in [5.74, 6) is -0.467. The van der Waals surface area contributed by atoms with Crippen LogP contribution in [0.15, 0.2) is 73.3 Å². The minimum Gasteiger partial charge on any atom is -0.457 e. The standard InChI is InChI=1S/C26H27N5O4/c1-3-20(4-2)35-21(15-34-26(33)19-13-9-6-10-14-19)31-17-29-22-23(27-16-28-24(22)31)30-25(32)18-11-7-5-8-12-18/h5-14,16-17,20-21H,3-4,15H2,1-2H3,(H,27,28,30,32)/t21-/m1/s1. The van der Waals surface area contributed by atoms with Crippen molar-refractivity contribution in [3.05, 3.63) is 84.4 Å². The SMILES string of the molecule is CCC(CC)O[C@H](COC(=O)c1ccccc1)n1cnc2c(NC(=O)c3ccccc3)ncnc21. The number of fused-ring (bicyclic) bond motifs is 1. The molecule has 0 aliphatic rings. The van der Waals surface area contributed by atoms with Crippen LogP contribution >= 0.6 is 0 Å². The first-order valence-electron chi connectivity index (χ1n) is 11.5. The summed E-state index contributed by atoms with van der Waals surface area (Å²) in [6, 6.07) is 17.6. The van der Waals surface area contributed by atoms with Crippen LogP contribution in [0, 0.1) is 0 Å². The Hall–Kier alpha value is -4.11. The maximum Gasteiger partial charge on any atom is 0.338 e. The number of anilines is 1. The molecule has 1 amide bonds. The van der Waals surface area contributed by atoms with Gasteiger partial charge < -0.3 is 14.8 Å². The van der Waals surface area contributed by atoms with E-state index >= 15 is 0 Å². The molecule has 0 unspecified atom stereocenters. The van der Waals surface area contributed by atoms with E-state index in [1.165, 1.54) is 6.33 Å². The number of carbonyl (C=O) groups is 2. The van der Waals surface area contributed by atoms with Gasteiger partial charge in [0, 0.05) is 5.56 Å². The van der Waals surface area contributed by atoms with E-state index in [1.54, 1.807) is 59.4 Å². The topological polar surface area (TPSA) is 108 Å². The van der Waals surface area contributed by atoms with Gasteiger partial charge in [-0.05, 0) is 37.1 Å². The Bertz CT molecular complexity index is 1270. The third kappa shape index (κ3) is 5.70. The predicted molar refractivity (Wildman–Crippen MR) is 131 cm³/mol. The third-order valence-electron chi connectivity index (χ3n) is 5.56. The molecule has 9 nitrogen and oxygen atoms in total. The van der Waals surface area contributed by atoms with Crippen molar-refractivity contribution >= 4 is 28.9 Å². The van der Waals surface area contributed by atoms with Crippen LogP contribution in [0.4, 0.5) is 5.82 Å². The van der Waals surface area contributed by atoms with E-state index in [9.17, 15) is 9.59 Å². The van der Waals surface area contributed by atoms with Crippen LogP contribution in [-0.4, -0.2) is 44.1 Å². The molecule has 1 atom stereocenters. The average Bonchev–Trinajstić information content (AvgIpc) is 3.35. The van der Waals surface area contributed by atoms with Gasteiger partial charge in [0.15, 0.2) is 23.2 Å². The summed E-state index contributed by atoms with van der Waals surface area (Å²) in [7, 11) is 0. The number of aromatic nitrogens is 4. The Morgan fingerprint density at radius 1 is 0.914 bits per heavy atom. The summed E-state index contributed by atoms with van der Waals surface area (Å²) in [4.78, 5) is 38.2. The number of carbonyl (C=O) groups excluding carboxylic acids is 2. The molecule has 4 aromatic rings. The van der Waals surface area contributed by atoms with E-state index in [0.29, 0.717) is 22.3 Å². The van der Waals surface area contributed by atoms with Crippen LogP contribution in [0.3, 0.4) is 0 Å². The molecule has 0 saturated carbocycles. The quantitative estimate of drug-likeness (QED) is 0.334. The molecule has 0 bridgehead atoms. The number of ether oxygens (including phenoxy) is 2. The van der Waals surface area contributed by atoms with Crippen molar-refractivity contribution in [2.24, 2.45) is 0 Å². The van der Waals surface area contributed by atoms with Gasteiger partial charge in [-0.1, -0.05) is 50.2 Å². The molecule has 1 N–H and O–H groups in total. The molecule has 0 aliphatic heterocycles. The molecule has 2 aromatic carbocycles. The van der Waals surface area contributed by atoms with Gasteiger partial charge >= 0.3 is 5.97 Å². The molecule has 0 radical (unpaired) electrons. The van der Waals surface area contributed by atoms with E-state index < -0.39 is 12.2 Å². The van der Waals surface area contributed by atoms with Gasteiger partial charge in [-0.3, -0.25) is 9.36 Å². The second-order valence-corrected chi connectivity index (χ2v) is 7.86. The Labute approximate surface area is 203 Å². The van der Waals surface area contributed by atoms with Crippen molar-refractivity contribution < 1.29 is 19.1 Å². The number of imidazole rings is 1. The van der Waals surface area contributed by atoms with E-state index in [1.807, 2.05) is 26.0 Å². The molecule has 0 fully saturated rings. The van der Waals surface area contributed by atoms with Crippen molar-refractivity contribution in [3.8, 4) is 0 Å². The molecular weight excluding hydrogens is 446 g/mol. The highest BCUT2D eigenvalue weighted by Gasteiger charge is 2.23. The Kier molecular flexibility index (Phi) is 7.79. The van der Waals surface area contributed by atoms with Crippen molar-refractivity contribution in [2.75, 3.05) is 11.9 Å². The first-order chi connectivity index (χ1) is 17.1. The summed E-state index contributed by atoms with van der Waals surface area (Å²) >= 11 is 0. The maximum absolute atomic E-state index is 12.6. The molecular formula is C26H27N5O4. The molecule has 2 heterocycles. The zero-order valence-corrected chi connectivity index (χ0v) is 19.6. The molecule has 35 heavy (non-hydrogen) atoms. The lowest BCUT2D eigenvalue weighted by atomic mass is 10.2. The van der Waals surface area contributed by atoms with Gasteiger partial charge in [-0.15, -0.1) is 0 Å². The average molecular weight is 474 g/mol. The summed E-state index contributed by atoms with van der Waals surface area (Å²) in [5, 5.41) is 2.80. The van der Waals surface area contributed by atoms with Gasteiger partial charge in [-0.25, -0.2) is 19.7 Å². The smallest absolute Gasteiger partial charge is 0.338 e. The number of benzene rings is 2. The minimum absolute atomic E-state index is 0.0363. The number of esters is 1. The molecule has 2 aromatic heterocycles. The second kappa shape index (κ2) is 11.3. The summed E-state index contributed by atoms with van der Waals surface area (Å²) in [6.45, 7) is 4.03. The molecule has 0 saturated heterocycles. The van der Waals surface area contributed by atoms with E-state index in [2.05, 4.69) is 20.3 Å². The van der Waals surface area contributed by atoms with Crippen molar-refractivity contribution in [2.45, 2.75) is 39.0 Å². The van der Waals surface area contributed by atoms with Gasteiger partial charge in [-0.2, -0.15) is 0 Å². The number of amides is 1. The van der Waals surface area contributed by atoms with Crippen LogP contribution in [0.1, 0.15) is 53.6 Å². The summed E-state index contributed by atoms with van der Waals surface area (Å²) in [6.07, 6.45) is 3.78. The van der Waals surface area contributed by atoms with Crippen molar-refractivity contribution in [1.82, 2.24) is 19.5 Å². The van der Waals surface area contributed by atoms with Crippen molar-refractivity contribution in [3.63, 3.8) is 0 Å². The van der Waals surface area contributed by atoms with Crippen LogP contribution < -0.4 is 5.32 Å². The highest BCUT2D eigenvalue weighted by molar-refractivity contribution is 6.06. The first-order valence-corrected chi connectivity index (χ1v) is 11.5. The van der Waals surface area contributed by atoms with E-state index in [-0.39, 0.29) is 24.4 Å². The number of hydrogen-bond donors (Lipinski definition) is 1. The maximum atomic E-state index is 12.6. The summed E-state index contributed by atoms with van der Waals surface area (Å²) in [5.41, 5.74) is 1.82. The van der Waals surface area contributed by atoms with Crippen LogP contribution in [0.5, 0.6) is 0 Å². The largest absolute Gasteiger partial charge is 0.457 e. The molecule has 0 spiro atoms. The van der Waals surface area contributed by atoms with Gasteiger partial charge in [0.05, 0.1) is 18.0 Å². The molecule has 180 valence electrons. The zero-order chi connectivity index (χ0) is 24.6. The summed E-state index contributed by atoms with van der Waals surface area (Å²) < 4.78 is 13.6. The van der Waals surface area contributed by atoms with Gasteiger partial charge in [0.2, 0.25) is 0 Å². The monoisotopic (exact) mass is 473 g/mol. The fraction of sp³-hybridized carbons (Fsp3) is 0.269. The van der Waals surface area contributed by atoms with Crippen LogP contribution in [0.25, 0.3) is 11.2 Å². The fourth-order valence-corrected chi connectivity index (χ4v) is 3.62. The third-order valence-corrected chi connectivity index (χ3v) is 5.56. The van der Waals surface area contributed by atoms with Crippen LogP contribution in [0.2, 0.25) is 0 Å². The number of hydrogen-bond acceptors (Lipinski definition) is 7. The lowest BCUT2D eigenvalue weighted by Crippen LogP contribution is -2.25. The van der Waals surface area contributed by atoms with Gasteiger partial charge in [0.25, 0.3) is 5.91 Å². The van der Waals surface area contributed by atoms with Crippen LogP contribution in [-0.2, 0) is 9.47 Å². The molecule has 4 rings (SSSR count). The van der Waals surface area contributed by atoms with E-state index in [4.69, 9.17) is 9.47 Å². The fourth-order valence-electron chi connectivity index (χ4n) is 3.62. The second-order valence-electron chi connectivity index (χ2n) is 7.86. The number of nitrogens with one attached hydrogen (secondary N) is 1. The predicted octanol–water partition coefficient (Wildman–Crippen LogP) is 4.64. The lowest BCUT2D eigenvalue weighted by molar-refractivity contribution is -0.0851. The first kappa shape index (κ1) is 24.0. The molecule has 9 heteroatoms. The lowest BCUT2D eigenvalue weighted by Gasteiger charge is -2.24. The highest BCUT2D eigenvalue weighted by Crippen LogP contribution is 2.24.